The van der Waals surface area contributed by atoms with Gasteiger partial charge in [-0.1, -0.05) is 64.8 Å². The highest BCUT2D eigenvalue weighted by atomic mass is 79.9. The number of rotatable bonds is 5. The first-order chi connectivity index (χ1) is 15.2. The van der Waals surface area contributed by atoms with E-state index in [9.17, 15) is 0 Å². The lowest BCUT2D eigenvalue weighted by molar-refractivity contribution is 0.0497. The Hall–Kier alpha value is -1.53. The first-order valence-electron chi connectivity index (χ1n) is 11.7. The van der Waals surface area contributed by atoms with E-state index in [2.05, 4.69) is 59.2 Å². The molecular weight excluding hydrogens is 500 g/mol. The number of hydrogen-bond acceptors (Lipinski definition) is 4. The van der Waals surface area contributed by atoms with Gasteiger partial charge in [0.2, 0.25) is 0 Å². The molecule has 33 heavy (non-hydrogen) atoms. The molecule has 1 fully saturated rings. The van der Waals surface area contributed by atoms with E-state index in [0.717, 1.165) is 39.5 Å². The zero-order valence-electron chi connectivity index (χ0n) is 21.1. The Morgan fingerprint density at radius 3 is 2.27 bits per heavy atom. The van der Waals surface area contributed by atoms with Crippen LogP contribution in [0.3, 0.4) is 0 Å². The van der Waals surface area contributed by atoms with Gasteiger partial charge in [0.1, 0.15) is 21.5 Å². The molecule has 0 saturated heterocycles. The van der Waals surface area contributed by atoms with Crippen molar-refractivity contribution in [3.05, 3.63) is 52.1 Å². The second-order valence-corrected chi connectivity index (χ2v) is 12.3. The summed E-state index contributed by atoms with van der Waals surface area (Å²) in [6.07, 6.45) is 9.47. The van der Waals surface area contributed by atoms with Crippen molar-refractivity contribution in [2.45, 2.75) is 98.0 Å². The summed E-state index contributed by atoms with van der Waals surface area (Å²) >= 11 is 9.95. The minimum Gasteiger partial charge on any atom is -0.493 e. The molecule has 0 amide bonds. The van der Waals surface area contributed by atoms with Crippen LogP contribution in [-0.4, -0.2) is 20.0 Å². The zero-order chi connectivity index (χ0) is 25.0. The largest absolute Gasteiger partial charge is 0.493 e. The van der Waals surface area contributed by atoms with Crippen molar-refractivity contribution in [1.29, 1.82) is 0 Å². The number of fused-ring (bicyclic) bond motifs is 1. The SMILES string of the molecule is C=C(Cc1cnc(Cl)c2c(Br)nc(C3CCCCC3)n12)OC(C)(C)C.C=C(N)CC(C)(C)C. The van der Waals surface area contributed by atoms with Crippen molar-refractivity contribution >= 4 is 33.0 Å². The zero-order valence-corrected chi connectivity index (χ0v) is 23.4. The Balaban J connectivity index is 0.000000414. The Kier molecular flexibility index (Phi) is 9.46. The summed E-state index contributed by atoms with van der Waals surface area (Å²) < 4.78 is 8.83. The van der Waals surface area contributed by atoms with E-state index in [0.29, 0.717) is 22.9 Å². The van der Waals surface area contributed by atoms with E-state index in [1.54, 1.807) is 0 Å². The number of allylic oxidation sites excluding steroid dienone is 2. The number of nitrogens with two attached hydrogens (primary N) is 1. The summed E-state index contributed by atoms with van der Waals surface area (Å²) in [5, 5.41) is 0.465. The molecule has 2 aromatic rings. The number of aromatic nitrogens is 3. The molecule has 7 heteroatoms. The van der Waals surface area contributed by atoms with Gasteiger partial charge < -0.3 is 10.5 Å². The van der Waals surface area contributed by atoms with Gasteiger partial charge in [-0.2, -0.15) is 0 Å². The predicted molar refractivity (Wildman–Crippen MR) is 143 cm³/mol. The van der Waals surface area contributed by atoms with Gasteiger partial charge in [0.25, 0.3) is 0 Å². The van der Waals surface area contributed by atoms with E-state index >= 15 is 0 Å². The first kappa shape index (κ1) is 27.7. The molecule has 0 spiro atoms. The highest BCUT2D eigenvalue weighted by Crippen LogP contribution is 2.36. The smallest absolute Gasteiger partial charge is 0.155 e. The average Bonchev–Trinajstić information content (AvgIpc) is 3.00. The molecule has 5 nitrogen and oxygen atoms in total. The van der Waals surface area contributed by atoms with E-state index in [-0.39, 0.29) is 5.60 Å². The van der Waals surface area contributed by atoms with Gasteiger partial charge >= 0.3 is 0 Å². The molecule has 3 rings (SSSR count). The van der Waals surface area contributed by atoms with E-state index in [1.807, 2.05) is 27.0 Å². The van der Waals surface area contributed by atoms with Gasteiger partial charge in [0.15, 0.2) is 5.15 Å². The second-order valence-electron chi connectivity index (χ2n) is 11.1. The van der Waals surface area contributed by atoms with Gasteiger partial charge in [-0.05, 0) is 61.4 Å². The van der Waals surface area contributed by atoms with Crippen molar-refractivity contribution in [3.8, 4) is 0 Å². The van der Waals surface area contributed by atoms with Crippen LogP contribution in [0.5, 0.6) is 0 Å². The summed E-state index contributed by atoms with van der Waals surface area (Å²) in [5.41, 5.74) is 8.03. The fraction of sp³-hybridized carbons (Fsp3) is 0.615. The first-order valence-corrected chi connectivity index (χ1v) is 12.9. The molecule has 1 aliphatic rings. The highest BCUT2D eigenvalue weighted by molar-refractivity contribution is 9.10. The van der Waals surface area contributed by atoms with Gasteiger partial charge in [0.05, 0.1) is 11.5 Å². The minimum atomic E-state index is -0.266. The third kappa shape index (κ3) is 8.64. The normalized spacial score (nSPS) is 15.2. The molecule has 0 unspecified atom stereocenters. The molecule has 1 aliphatic carbocycles. The molecule has 0 aromatic carbocycles. The molecule has 2 heterocycles. The maximum Gasteiger partial charge on any atom is 0.155 e. The molecule has 1 saturated carbocycles. The minimum absolute atomic E-state index is 0.266. The summed E-state index contributed by atoms with van der Waals surface area (Å²) in [4.78, 5) is 9.16. The maximum atomic E-state index is 6.37. The van der Waals surface area contributed by atoms with Crippen LogP contribution in [0.15, 0.2) is 35.4 Å². The molecule has 0 radical (unpaired) electrons. The Labute approximate surface area is 213 Å². The molecule has 0 atom stereocenters. The van der Waals surface area contributed by atoms with Crippen LogP contribution >= 0.6 is 27.5 Å². The van der Waals surface area contributed by atoms with E-state index in [1.165, 1.54) is 32.1 Å². The quantitative estimate of drug-likeness (QED) is 0.391. The summed E-state index contributed by atoms with van der Waals surface area (Å²) in [6, 6.07) is 0. The second kappa shape index (κ2) is 11.3. The van der Waals surface area contributed by atoms with Crippen molar-refractivity contribution in [1.82, 2.24) is 14.4 Å². The fourth-order valence-corrected chi connectivity index (χ4v) is 5.12. The number of imidazole rings is 1. The lowest BCUT2D eigenvalue weighted by atomic mass is 9.88. The fourth-order valence-electron chi connectivity index (χ4n) is 4.24. The molecule has 2 N–H and O–H groups in total. The lowest BCUT2D eigenvalue weighted by Crippen LogP contribution is -2.20. The molecule has 0 bridgehead atoms. The predicted octanol–water partition coefficient (Wildman–Crippen LogP) is 7.96. The van der Waals surface area contributed by atoms with Crippen LogP contribution < -0.4 is 5.73 Å². The van der Waals surface area contributed by atoms with E-state index < -0.39 is 0 Å². The van der Waals surface area contributed by atoms with Crippen molar-refractivity contribution in [2.24, 2.45) is 11.1 Å². The van der Waals surface area contributed by atoms with Crippen molar-refractivity contribution in [2.75, 3.05) is 0 Å². The molecule has 0 aliphatic heterocycles. The highest BCUT2D eigenvalue weighted by Gasteiger charge is 2.25. The third-order valence-corrected chi connectivity index (χ3v) is 6.06. The Morgan fingerprint density at radius 2 is 1.79 bits per heavy atom. The Bertz CT molecular complexity index is 979. The summed E-state index contributed by atoms with van der Waals surface area (Å²) in [7, 11) is 0. The summed E-state index contributed by atoms with van der Waals surface area (Å²) in [6.45, 7) is 20.2. The van der Waals surface area contributed by atoms with Gasteiger partial charge in [-0.15, -0.1) is 0 Å². The van der Waals surface area contributed by atoms with Gasteiger partial charge in [-0.25, -0.2) is 9.97 Å². The standard InChI is InChI=1S/C19H25BrClN3O.C7H15N/c1-12(25-19(2,3)4)10-14-11-22-17(21)15-16(20)23-18(24(14)15)13-8-6-5-7-9-13;1-6(8)5-7(2,3)4/h11,13H,1,5-10H2,2-4H3;1,5,8H2,2-4H3. The van der Waals surface area contributed by atoms with Crippen LogP contribution in [0.1, 0.15) is 97.5 Å². The van der Waals surface area contributed by atoms with Crippen molar-refractivity contribution in [3.63, 3.8) is 0 Å². The average molecular weight is 540 g/mol. The van der Waals surface area contributed by atoms with Crippen LogP contribution in [0.4, 0.5) is 0 Å². The van der Waals surface area contributed by atoms with Crippen LogP contribution in [0.25, 0.3) is 5.52 Å². The monoisotopic (exact) mass is 538 g/mol. The lowest BCUT2D eigenvalue weighted by Gasteiger charge is -2.24. The van der Waals surface area contributed by atoms with Crippen molar-refractivity contribution < 1.29 is 4.74 Å². The van der Waals surface area contributed by atoms with Crippen LogP contribution in [0, 0.1) is 5.41 Å². The number of nitrogens with zero attached hydrogens (tertiary/aromatic N) is 3. The number of halogens is 2. The number of hydrogen-bond donors (Lipinski definition) is 1. The third-order valence-electron chi connectivity index (χ3n) is 5.23. The molecular formula is C26H40BrClN4O. The molecule has 2 aromatic heterocycles. The van der Waals surface area contributed by atoms with Gasteiger partial charge in [0, 0.05) is 24.2 Å². The molecule has 184 valence electrons. The van der Waals surface area contributed by atoms with Crippen LogP contribution in [-0.2, 0) is 11.2 Å². The summed E-state index contributed by atoms with van der Waals surface area (Å²) in [5.74, 6) is 2.25. The maximum absolute atomic E-state index is 6.37. The Morgan fingerprint density at radius 1 is 1.18 bits per heavy atom. The van der Waals surface area contributed by atoms with Gasteiger partial charge in [-0.3, -0.25) is 4.40 Å². The number of ether oxygens (including phenoxy) is 1. The van der Waals surface area contributed by atoms with E-state index in [4.69, 9.17) is 27.1 Å². The van der Waals surface area contributed by atoms with Crippen LogP contribution in [0.2, 0.25) is 5.15 Å². The topological polar surface area (TPSA) is 65.4 Å².